The molecule has 4 heteroatoms. The lowest BCUT2D eigenvalue weighted by atomic mass is 10.1. The second kappa shape index (κ2) is 7.53. The maximum atomic E-state index is 6.07. The summed E-state index contributed by atoms with van der Waals surface area (Å²) < 4.78 is 8.09. The fourth-order valence-electron chi connectivity index (χ4n) is 3.28. The van der Waals surface area contributed by atoms with Gasteiger partial charge in [0.05, 0.1) is 12.1 Å². The monoisotopic (exact) mass is 333 g/mol. The average molecular weight is 333 g/mol. The molecule has 1 fully saturated rings. The van der Waals surface area contributed by atoms with Gasteiger partial charge in [-0.15, -0.1) is 5.10 Å². The zero-order valence-corrected chi connectivity index (χ0v) is 14.3. The van der Waals surface area contributed by atoms with E-state index in [1.807, 2.05) is 41.1 Å². The lowest BCUT2D eigenvalue weighted by Gasteiger charge is -2.09. The van der Waals surface area contributed by atoms with Gasteiger partial charge in [-0.25, -0.2) is 0 Å². The van der Waals surface area contributed by atoms with E-state index in [0.717, 1.165) is 29.8 Å². The van der Waals surface area contributed by atoms with Crippen LogP contribution >= 0.6 is 0 Å². The van der Waals surface area contributed by atoms with Gasteiger partial charge in [-0.2, -0.15) is 0 Å². The van der Waals surface area contributed by atoms with Gasteiger partial charge in [0.2, 0.25) is 5.88 Å². The third-order valence-electron chi connectivity index (χ3n) is 4.60. The van der Waals surface area contributed by atoms with Crippen molar-refractivity contribution in [1.29, 1.82) is 0 Å². The number of ether oxygens (including phenoxy) is 1. The number of rotatable bonds is 6. The normalized spacial score (nSPS) is 16.9. The Hall–Kier alpha value is -2.59. The van der Waals surface area contributed by atoms with E-state index in [1.54, 1.807) is 0 Å². The molecule has 1 aliphatic rings. The SMILES string of the molecule is c1ccc(COc2nn(C[C@H]3CCCN3)cc2-c2ccccc2)cc1. The van der Waals surface area contributed by atoms with Crippen molar-refractivity contribution in [3.05, 3.63) is 72.4 Å². The summed E-state index contributed by atoms with van der Waals surface area (Å²) in [5, 5.41) is 8.25. The van der Waals surface area contributed by atoms with Gasteiger partial charge in [0.25, 0.3) is 0 Å². The van der Waals surface area contributed by atoms with E-state index >= 15 is 0 Å². The van der Waals surface area contributed by atoms with E-state index in [0.29, 0.717) is 18.5 Å². The number of hydrogen-bond donors (Lipinski definition) is 1. The van der Waals surface area contributed by atoms with Crippen molar-refractivity contribution in [3.63, 3.8) is 0 Å². The Morgan fingerprint density at radius 1 is 1.04 bits per heavy atom. The van der Waals surface area contributed by atoms with Gasteiger partial charge >= 0.3 is 0 Å². The van der Waals surface area contributed by atoms with Crippen LogP contribution in [-0.4, -0.2) is 22.4 Å². The maximum absolute atomic E-state index is 6.07. The molecule has 0 unspecified atom stereocenters. The molecule has 2 aromatic carbocycles. The Kier molecular flexibility index (Phi) is 4.79. The fraction of sp³-hybridized carbons (Fsp3) is 0.286. The molecule has 0 spiro atoms. The van der Waals surface area contributed by atoms with Crippen molar-refractivity contribution in [1.82, 2.24) is 15.1 Å². The quantitative estimate of drug-likeness (QED) is 0.744. The minimum Gasteiger partial charge on any atom is -0.471 e. The van der Waals surface area contributed by atoms with Gasteiger partial charge in [0.1, 0.15) is 6.61 Å². The molecular weight excluding hydrogens is 310 g/mol. The van der Waals surface area contributed by atoms with Crippen molar-refractivity contribution >= 4 is 0 Å². The first-order valence-electron chi connectivity index (χ1n) is 8.91. The van der Waals surface area contributed by atoms with Crippen molar-refractivity contribution in [2.24, 2.45) is 0 Å². The van der Waals surface area contributed by atoms with Crippen LogP contribution in [0, 0.1) is 0 Å². The first kappa shape index (κ1) is 15.9. The number of hydrogen-bond acceptors (Lipinski definition) is 3. The van der Waals surface area contributed by atoms with Gasteiger partial charge in [0, 0.05) is 12.2 Å². The molecule has 25 heavy (non-hydrogen) atoms. The van der Waals surface area contributed by atoms with Crippen LogP contribution in [0.5, 0.6) is 5.88 Å². The molecule has 4 nitrogen and oxygen atoms in total. The van der Waals surface area contributed by atoms with Crippen LogP contribution in [0.1, 0.15) is 18.4 Å². The van der Waals surface area contributed by atoms with Gasteiger partial charge < -0.3 is 10.1 Å². The molecule has 0 saturated carbocycles. The zero-order chi connectivity index (χ0) is 16.9. The van der Waals surface area contributed by atoms with Gasteiger partial charge in [-0.05, 0) is 30.5 Å². The zero-order valence-electron chi connectivity index (χ0n) is 14.3. The predicted octanol–water partition coefficient (Wildman–Crippen LogP) is 3.88. The van der Waals surface area contributed by atoms with Gasteiger partial charge in [0.15, 0.2) is 0 Å². The summed E-state index contributed by atoms with van der Waals surface area (Å²) in [5.41, 5.74) is 3.33. The average Bonchev–Trinajstić information content (AvgIpc) is 3.32. The highest BCUT2D eigenvalue weighted by atomic mass is 16.5. The van der Waals surface area contributed by atoms with Crippen molar-refractivity contribution < 1.29 is 4.74 Å². The molecule has 1 saturated heterocycles. The summed E-state index contributed by atoms with van der Waals surface area (Å²) in [4.78, 5) is 0. The van der Waals surface area contributed by atoms with Crippen molar-refractivity contribution in [3.8, 4) is 17.0 Å². The molecular formula is C21H23N3O. The lowest BCUT2D eigenvalue weighted by molar-refractivity contribution is 0.289. The molecule has 3 aromatic rings. The highest BCUT2D eigenvalue weighted by molar-refractivity contribution is 5.67. The molecule has 2 heterocycles. The van der Waals surface area contributed by atoms with Crippen LogP contribution in [-0.2, 0) is 13.2 Å². The first-order valence-corrected chi connectivity index (χ1v) is 8.91. The highest BCUT2D eigenvalue weighted by Gasteiger charge is 2.18. The number of nitrogens with zero attached hydrogens (tertiary/aromatic N) is 2. The first-order chi connectivity index (χ1) is 12.4. The van der Waals surface area contributed by atoms with E-state index in [1.165, 1.54) is 12.8 Å². The molecule has 4 rings (SSSR count). The smallest absolute Gasteiger partial charge is 0.241 e. The third kappa shape index (κ3) is 3.91. The Morgan fingerprint density at radius 3 is 2.52 bits per heavy atom. The van der Waals surface area contributed by atoms with Crippen LogP contribution in [0.3, 0.4) is 0 Å². The van der Waals surface area contributed by atoms with Crippen molar-refractivity contribution in [2.75, 3.05) is 6.54 Å². The fourth-order valence-corrected chi connectivity index (χ4v) is 3.28. The number of nitrogens with one attached hydrogen (secondary N) is 1. The molecule has 1 N–H and O–H groups in total. The Balaban J connectivity index is 1.57. The third-order valence-corrected chi connectivity index (χ3v) is 4.60. The highest BCUT2D eigenvalue weighted by Crippen LogP contribution is 2.29. The Labute approximate surface area is 148 Å². The standard InChI is InChI=1S/C21H23N3O/c1-3-8-17(9-4-1)16-25-21-20(18-10-5-2-6-11-18)15-24(23-21)14-19-12-7-13-22-19/h1-6,8-11,15,19,22H,7,12-14,16H2/t19-/m1/s1. The topological polar surface area (TPSA) is 39.1 Å². The predicted molar refractivity (Wildman–Crippen MR) is 99.5 cm³/mol. The van der Waals surface area contributed by atoms with Gasteiger partial charge in [-0.1, -0.05) is 60.7 Å². The van der Waals surface area contributed by atoms with Crippen LogP contribution in [0.2, 0.25) is 0 Å². The minimum absolute atomic E-state index is 0.505. The number of benzene rings is 2. The number of aromatic nitrogens is 2. The second-order valence-electron chi connectivity index (χ2n) is 6.50. The van der Waals surface area contributed by atoms with E-state index < -0.39 is 0 Å². The Bertz CT molecular complexity index is 793. The summed E-state index contributed by atoms with van der Waals surface area (Å²) in [6.07, 6.45) is 4.56. The van der Waals surface area contributed by atoms with Crippen LogP contribution in [0.4, 0.5) is 0 Å². The van der Waals surface area contributed by atoms with Crippen LogP contribution in [0.15, 0.2) is 66.9 Å². The largest absolute Gasteiger partial charge is 0.471 e. The van der Waals surface area contributed by atoms with Crippen LogP contribution in [0.25, 0.3) is 11.1 Å². The molecule has 128 valence electrons. The lowest BCUT2D eigenvalue weighted by Crippen LogP contribution is -2.26. The molecule has 1 atom stereocenters. The summed E-state index contributed by atoms with van der Waals surface area (Å²) in [7, 11) is 0. The summed E-state index contributed by atoms with van der Waals surface area (Å²) in [6.45, 7) is 2.52. The van der Waals surface area contributed by atoms with E-state index in [2.05, 4.69) is 35.8 Å². The second-order valence-corrected chi connectivity index (χ2v) is 6.50. The van der Waals surface area contributed by atoms with Crippen molar-refractivity contribution in [2.45, 2.75) is 32.0 Å². The molecule has 0 aliphatic carbocycles. The summed E-state index contributed by atoms with van der Waals surface area (Å²) in [5.74, 6) is 0.702. The minimum atomic E-state index is 0.505. The van der Waals surface area contributed by atoms with E-state index in [-0.39, 0.29) is 0 Å². The Morgan fingerprint density at radius 2 is 1.80 bits per heavy atom. The molecule has 1 aliphatic heterocycles. The summed E-state index contributed by atoms with van der Waals surface area (Å²) in [6, 6.07) is 21.0. The molecule has 0 radical (unpaired) electrons. The van der Waals surface area contributed by atoms with E-state index in [4.69, 9.17) is 9.84 Å². The van der Waals surface area contributed by atoms with E-state index in [9.17, 15) is 0 Å². The summed E-state index contributed by atoms with van der Waals surface area (Å²) >= 11 is 0. The molecule has 0 bridgehead atoms. The molecule has 1 aromatic heterocycles. The maximum Gasteiger partial charge on any atom is 0.241 e. The van der Waals surface area contributed by atoms with Gasteiger partial charge in [-0.3, -0.25) is 4.68 Å². The van der Waals surface area contributed by atoms with Crippen LogP contribution < -0.4 is 10.1 Å². The molecule has 0 amide bonds.